The van der Waals surface area contributed by atoms with E-state index in [1.165, 1.54) is 64.2 Å². The quantitative estimate of drug-likeness (QED) is 0.229. The molecule has 0 aliphatic rings. The van der Waals surface area contributed by atoms with E-state index >= 15 is 0 Å². The van der Waals surface area contributed by atoms with Crippen LogP contribution in [-0.4, -0.2) is 25.4 Å². The molecule has 2 nitrogen and oxygen atoms in total. The van der Waals surface area contributed by atoms with Crippen molar-refractivity contribution in [2.45, 2.75) is 120 Å². The second-order valence-electron chi connectivity index (χ2n) is 8.34. The van der Waals surface area contributed by atoms with Gasteiger partial charge >= 0.3 is 0 Å². The number of hydrogen-bond acceptors (Lipinski definition) is 2. The molecule has 3 heteroatoms. The Morgan fingerprint density at radius 2 is 1.15 bits per heavy atom. The van der Waals surface area contributed by atoms with Crippen molar-refractivity contribution in [3.8, 4) is 0 Å². The Labute approximate surface area is 197 Å². The van der Waals surface area contributed by atoms with E-state index in [9.17, 15) is 0 Å². The first-order valence-electron chi connectivity index (χ1n) is 11.4. The summed E-state index contributed by atoms with van der Waals surface area (Å²) in [6.45, 7) is 19.2. The fourth-order valence-corrected chi connectivity index (χ4v) is 2.64. The Hall–Kier alpha value is 0.972. The molecule has 0 radical (unpaired) electrons. The van der Waals surface area contributed by atoms with E-state index < -0.39 is 0 Å². The van der Waals surface area contributed by atoms with Crippen molar-refractivity contribution in [3.63, 3.8) is 0 Å². The molecule has 0 aromatic carbocycles. The third kappa shape index (κ3) is 29.3. The Balaban J connectivity index is -0.000000146. The maximum atomic E-state index is 8.79. The van der Waals surface area contributed by atoms with Crippen LogP contribution in [0.15, 0.2) is 0 Å². The van der Waals surface area contributed by atoms with Gasteiger partial charge in [-0.15, -0.1) is 0 Å². The molecule has 0 spiro atoms. The van der Waals surface area contributed by atoms with Crippen LogP contribution in [0.25, 0.3) is 0 Å². The van der Waals surface area contributed by atoms with Crippen LogP contribution < -0.4 is 0 Å². The molecule has 27 heavy (non-hydrogen) atoms. The van der Waals surface area contributed by atoms with Gasteiger partial charge in [0.15, 0.2) is 0 Å². The van der Waals surface area contributed by atoms with E-state index in [-0.39, 0.29) is 31.1 Å². The van der Waals surface area contributed by atoms with E-state index in [4.69, 9.17) is 9.84 Å². The molecule has 0 aromatic rings. The summed E-state index contributed by atoms with van der Waals surface area (Å²) in [6, 6.07) is 0. The van der Waals surface area contributed by atoms with Crippen molar-refractivity contribution < 1.29 is 41.0 Å². The van der Waals surface area contributed by atoms with Crippen LogP contribution in [0.5, 0.6) is 0 Å². The molecule has 0 saturated carbocycles. The molecule has 1 unspecified atom stereocenters. The van der Waals surface area contributed by atoms with Crippen molar-refractivity contribution in [1.82, 2.24) is 0 Å². The minimum Gasteiger partial charge on any atom is -0.396 e. The first-order chi connectivity index (χ1) is 12.3. The van der Waals surface area contributed by atoms with Crippen molar-refractivity contribution in [2.24, 2.45) is 17.3 Å². The molecule has 1 atom stereocenters. The summed E-state index contributed by atoms with van der Waals surface area (Å²) in [6.07, 6.45) is 12.6. The maximum Gasteiger partial charge on any atom is 0.0464 e. The van der Waals surface area contributed by atoms with E-state index in [0.29, 0.717) is 17.9 Å². The van der Waals surface area contributed by atoms with Crippen LogP contribution in [0.4, 0.5) is 0 Å². The van der Waals surface area contributed by atoms with Gasteiger partial charge < -0.3 is 9.84 Å². The smallest absolute Gasteiger partial charge is 0.0464 e. The van der Waals surface area contributed by atoms with Gasteiger partial charge in [0.2, 0.25) is 0 Å². The zero-order valence-electron chi connectivity index (χ0n) is 20.5. The Morgan fingerprint density at radius 3 is 1.37 bits per heavy atom. The fourth-order valence-electron chi connectivity index (χ4n) is 2.64. The van der Waals surface area contributed by atoms with Crippen LogP contribution in [0.2, 0.25) is 0 Å². The van der Waals surface area contributed by atoms with E-state index in [1.54, 1.807) is 7.11 Å². The number of rotatable bonds is 13. The van der Waals surface area contributed by atoms with Crippen LogP contribution in [-0.2, 0) is 4.74 Å². The summed E-state index contributed by atoms with van der Waals surface area (Å²) in [5, 5.41) is 8.79. The first-order valence-corrected chi connectivity index (χ1v) is 11.4. The van der Waals surface area contributed by atoms with Gasteiger partial charge in [-0.25, -0.2) is 0 Å². The van der Waals surface area contributed by atoms with Crippen molar-refractivity contribution in [3.05, 3.63) is 0 Å². The maximum absolute atomic E-state index is 8.79. The minimum absolute atomic E-state index is 0. The normalized spacial score (nSPS) is 11.7. The predicted molar refractivity (Wildman–Crippen MR) is 120 cm³/mol. The monoisotopic (exact) mass is 612 g/mol. The molecule has 0 aliphatic heterocycles. The van der Waals surface area contributed by atoms with Gasteiger partial charge in [-0.3, -0.25) is 0 Å². The van der Waals surface area contributed by atoms with Crippen molar-refractivity contribution in [1.29, 1.82) is 0 Å². The molecule has 0 fully saturated rings. The average Bonchev–Trinajstić information content (AvgIpc) is 2.66. The molecule has 0 aromatic heterocycles. The Kier molecular flexibility index (Phi) is 35.4. The molecular formula is C24H54O2U. The minimum atomic E-state index is 0. The first kappa shape index (κ1) is 35.4. The third-order valence-electron chi connectivity index (χ3n) is 5.57. The second kappa shape index (κ2) is 27.0. The summed E-state index contributed by atoms with van der Waals surface area (Å²) in [7, 11) is 1.78. The number of ether oxygens (including phenoxy) is 1. The number of aliphatic hydroxyl groups excluding tert-OH is 1. The van der Waals surface area contributed by atoms with Gasteiger partial charge in [-0.1, -0.05) is 100 Å². The number of aliphatic hydroxyl groups is 1. The van der Waals surface area contributed by atoms with Crippen molar-refractivity contribution >= 4 is 0 Å². The second-order valence-corrected chi connectivity index (χ2v) is 8.34. The molecule has 0 heterocycles. The van der Waals surface area contributed by atoms with Crippen LogP contribution in [0, 0.1) is 48.4 Å². The molecule has 0 saturated heterocycles. The molecular weight excluding hydrogens is 558 g/mol. The van der Waals surface area contributed by atoms with Gasteiger partial charge in [-0.2, -0.15) is 0 Å². The topological polar surface area (TPSA) is 29.5 Å². The SMILES string of the molecule is CCC(C)(C)CC.CCCC(CC)CCOC.CCCC(CO)CCC.[U]. The van der Waals surface area contributed by atoms with Gasteiger partial charge in [0.05, 0.1) is 0 Å². The standard InChI is InChI=1S/C9H20O.C8H18O.C7H16.U/c1-4-6-9(5-2)7-8-10-3;1-3-5-8(7-9)6-4-2;1-5-7(3,4)6-2;/h9H,4-8H2,1-3H3;8-9H,3-7H2,1-2H3;5-6H2,1-4H3;. The molecule has 0 bridgehead atoms. The third-order valence-corrected chi connectivity index (χ3v) is 5.57. The van der Waals surface area contributed by atoms with Gasteiger partial charge in [-0.05, 0) is 36.5 Å². The van der Waals surface area contributed by atoms with Crippen LogP contribution >= 0.6 is 0 Å². The average molecular weight is 613 g/mol. The molecule has 0 rings (SSSR count). The van der Waals surface area contributed by atoms with Gasteiger partial charge in [0, 0.05) is 51.4 Å². The van der Waals surface area contributed by atoms with E-state index in [1.807, 2.05) is 0 Å². The zero-order valence-corrected chi connectivity index (χ0v) is 24.7. The Bertz CT molecular complexity index is 233. The van der Waals surface area contributed by atoms with E-state index in [0.717, 1.165) is 12.5 Å². The van der Waals surface area contributed by atoms with Crippen LogP contribution in [0.3, 0.4) is 0 Å². The molecule has 0 aliphatic carbocycles. The predicted octanol–water partition coefficient (Wildman–Crippen LogP) is 7.88. The van der Waals surface area contributed by atoms with Gasteiger partial charge in [0.25, 0.3) is 0 Å². The van der Waals surface area contributed by atoms with Crippen LogP contribution in [0.1, 0.15) is 120 Å². The molecule has 0 amide bonds. The fraction of sp³-hybridized carbons (Fsp3) is 1.00. The molecule has 1 N–H and O–H groups in total. The summed E-state index contributed by atoms with van der Waals surface area (Å²) in [5.74, 6) is 1.46. The van der Waals surface area contributed by atoms with E-state index in [2.05, 4.69) is 55.4 Å². The summed E-state index contributed by atoms with van der Waals surface area (Å²) in [4.78, 5) is 0. The largest absolute Gasteiger partial charge is 0.396 e. The zero-order chi connectivity index (χ0) is 20.8. The number of hydrogen-bond donors (Lipinski definition) is 1. The Morgan fingerprint density at radius 1 is 0.741 bits per heavy atom. The van der Waals surface area contributed by atoms with Gasteiger partial charge in [0.1, 0.15) is 0 Å². The number of methoxy groups -OCH3 is 1. The van der Waals surface area contributed by atoms with Crippen molar-refractivity contribution in [2.75, 3.05) is 20.3 Å². The molecule has 166 valence electrons. The summed E-state index contributed by atoms with van der Waals surface area (Å²) >= 11 is 0. The summed E-state index contributed by atoms with van der Waals surface area (Å²) in [5.41, 5.74) is 0.583. The summed E-state index contributed by atoms with van der Waals surface area (Å²) < 4.78 is 5.02.